The summed E-state index contributed by atoms with van der Waals surface area (Å²) < 4.78 is 32.4. The zero-order valence-electron chi connectivity index (χ0n) is 15.7. The van der Waals surface area contributed by atoms with Gasteiger partial charge in [-0.25, -0.2) is 13.6 Å². The van der Waals surface area contributed by atoms with Gasteiger partial charge >= 0.3 is 6.09 Å². The third-order valence-electron chi connectivity index (χ3n) is 4.32. The van der Waals surface area contributed by atoms with Crippen molar-refractivity contribution in [1.29, 1.82) is 0 Å². The molecule has 1 saturated heterocycles. The second kappa shape index (κ2) is 8.01. The molecule has 2 rings (SSSR count). The van der Waals surface area contributed by atoms with Gasteiger partial charge in [0.1, 0.15) is 5.60 Å². The number of hydrogen-bond acceptors (Lipinski definition) is 3. The lowest BCUT2D eigenvalue weighted by Crippen LogP contribution is -2.43. The van der Waals surface area contributed by atoms with Crippen molar-refractivity contribution >= 4 is 12.0 Å². The van der Waals surface area contributed by atoms with Crippen molar-refractivity contribution in [1.82, 2.24) is 9.80 Å². The Morgan fingerprint density at radius 2 is 1.85 bits per heavy atom. The minimum absolute atomic E-state index is 0.230. The lowest BCUT2D eigenvalue weighted by molar-refractivity contribution is 0.0245. The number of hydrogen-bond donors (Lipinski definition) is 0. The first-order valence-corrected chi connectivity index (χ1v) is 8.76. The van der Waals surface area contributed by atoms with E-state index in [1.165, 1.54) is 17.0 Å². The molecule has 1 aliphatic rings. The summed E-state index contributed by atoms with van der Waals surface area (Å²) in [7, 11) is 1.69. The van der Waals surface area contributed by atoms with Gasteiger partial charge in [-0.2, -0.15) is 0 Å². The Morgan fingerprint density at radius 1 is 1.23 bits per heavy atom. The van der Waals surface area contributed by atoms with E-state index in [1.807, 2.05) is 20.8 Å². The van der Waals surface area contributed by atoms with Crippen LogP contribution < -0.4 is 0 Å². The Balaban J connectivity index is 1.88. The quantitative estimate of drug-likeness (QED) is 0.818. The number of ether oxygens (including phenoxy) is 1. The monoisotopic (exact) mass is 368 g/mol. The van der Waals surface area contributed by atoms with Crippen LogP contribution in [-0.2, 0) is 4.74 Å². The molecule has 144 valence electrons. The maximum Gasteiger partial charge on any atom is 0.410 e. The van der Waals surface area contributed by atoms with Crippen LogP contribution in [-0.4, -0.2) is 54.1 Å². The van der Waals surface area contributed by atoms with E-state index in [9.17, 15) is 18.4 Å². The summed E-state index contributed by atoms with van der Waals surface area (Å²) in [5, 5.41) is 0. The first kappa shape index (κ1) is 20.1. The molecular weight excluding hydrogens is 342 g/mol. The van der Waals surface area contributed by atoms with Gasteiger partial charge in [-0.1, -0.05) is 6.07 Å². The van der Waals surface area contributed by atoms with Crippen molar-refractivity contribution in [3.8, 4) is 0 Å². The lowest BCUT2D eigenvalue weighted by atomic mass is 9.96. The number of likely N-dealkylation sites (tertiary alicyclic amines) is 1. The van der Waals surface area contributed by atoms with Crippen LogP contribution in [0.2, 0.25) is 0 Å². The van der Waals surface area contributed by atoms with Gasteiger partial charge in [0.15, 0.2) is 11.6 Å². The molecule has 7 heteroatoms. The maximum atomic E-state index is 13.8. The molecule has 0 atom stereocenters. The highest BCUT2D eigenvalue weighted by Gasteiger charge is 2.28. The van der Waals surface area contributed by atoms with E-state index >= 15 is 0 Å². The Morgan fingerprint density at radius 3 is 2.42 bits per heavy atom. The molecule has 0 radical (unpaired) electrons. The van der Waals surface area contributed by atoms with Crippen molar-refractivity contribution in [3.05, 3.63) is 35.4 Å². The van der Waals surface area contributed by atoms with Crippen molar-refractivity contribution < 1.29 is 23.1 Å². The molecule has 1 aromatic carbocycles. The average Bonchev–Trinajstić information content (AvgIpc) is 2.56. The summed E-state index contributed by atoms with van der Waals surface area (Å²) in [5.41, 5.74) is -0.787. The molecule has 1 aromatic rings. The third kappa shape index (κ3) is 5.16. The second-order valence-electron chi connectivity index (χ2n) is 7.70. The molecular formula is C19H26F2N2O3. The number of rotatable bonds is 3. The molecule has 1 fully saturated rings. The SMILES string of the molecule is CN(CC1CCN(C(=O)c2cccc(F)c2F)CC1)C(=O)OC(C)(C)C. The predicted octanol–water partition coefficient (Wildman–Crippen LogP) is 3.68. The van der Waals surface area contributed by atoms with Crippen molar-refractivity contribution in [2.75, 3.05) is 26.7 Å². The highest BCUT2D eigenvalue weighted by Crippen LogP contribution is 2.22. The fourth-order valence-electron chi connectivity index (χ4n) is 2.96. The van der Waals surface area contributed by atoms with E-state index in [4.69, 9.17) is 4.74 Å². The number of benzene rings is 1. The molecule has 0 N–H and O–H groups in total. The van der Waals surface area contributed by atoms with Crippen LogP contribution in [0.3, 0.4) is 0 Å². The maximum absolute atomic E-state index is 13.8. The molecule has 1 heterocycles. The average molecular weight is 368 g/mol. The summed E-state index contributed by atoms with van der Waals surface area (Å²) in [6.07, 6.45) is 1.00. The van der Waals surface area contributed by atoms with Crippen molar-refractivity contribution in [3.63, 3.8) is 0 Å². The second-order valence-corrected chi connectivity index (χ2v) is 7.70. The summed E-state index contributed by atoms with van der Waals surface area (Å²) in [6, 6.07) is 3.61. The minimum atomic E-state index is -1.11. The van der Waals surface area contributed by atoms with E-state index in [0.717, 1.165) is 6.07 Å². The molecule has 0 spiro atoms. The van der Waals surface area contributed by atoms with Crippen LogP contribution in [0.15, 0.2) is 18.2 Å². The molecule has 0 saturated carbocycles. The fourth-order valence-corrected chi connectivity index (χ4v) is 2.96. The molecule has 0 bridgehead atoms. The minimum Gasteiger partial charge on any atom is -0.444 e. The van der Waals surface area contributed by atoms with Crippen LogP contribution in [0.1, 0.15) is 44.0 Å². The smallest absolute Gasteiger partial charge is 0.410 e. The molecule has 1 aliphatic heterocycles. The Labute approximate surface area is 152 Å². The molecule has 26 heavy (non-hydrogen) atoms. The normalized spacial score (nSPS) is 15.7. The highest BCUT2D eigenvalue weighted by atomic mass is 19.2. The number of carbonyl (C=O) groups excluding carboxylic acids is 2. The van der Waals surface area contributed by atoms with Gasteiger partial charge < -0.3 is 14.5 Å². The number of nitrogens with zero attached hydrogens (tertiary/aromatic N) is 2. The van der Waals surface area contributed by atoms with E-state index in [2.05, 4.69) is 0 Å². The van der Waals surface area contributed by atoms with Gasteiger partial charge in [0.05, 0.1) is 5.56 Å². The van der Waals surface area contributed by atoms with E-state index in [-0.39, 0.29) is 17.6 Å². The van der Waals surface area contributed by atoms with Crippen LogP contribution >= 0.6 is 0 Å². The summed E-state index contributed by atoms with van der Waals surface area (Å²) in [4.78, 5) is 27.5. The van der Waals surface area contributed by atoms with E-state index in [1.54, 1.807) is 11.9 Å². The van der Waals surface area contributed by atoms with E-state index < -0.39 is 23.1 Å². The zero-order chi connectivity index (χ0) is 19.5. The molecule has 0 aromatic heterocycles. The first-order valence-electron chi connectivity index (χ1n) is 8.76. The standard InChI is InChI=1S/C19H26F2N2O3/c1-19(2,3)26-18(25)22(4)12-13-8-10-23(11-9-13)17(24)14-6-5-7-15(20)16(14)21/h5-7,13H,8-12H2,1-4H3. The Kier molecular flexibility index (Phi) is 6.21. The summed E-state index contributed by atoms with van der Waals surface area (Å²) >= 11 is 0. The van der Waals surface area contributed by atoms with Gasteiger partial charge in [-0.15, -0.1) is 0 Å². The number of carbonyl (C=O) groups is 2. The Hall–Kier alpha value is -2.18. The van der Waals surface area contributed by atoms with Crippen LogP contribution in [0.4, 0.5) is 13.6 Å². The molecule has 0 aliphatic carbocycles. The number of halogens is 2. The summed E-state index contributed by atoms with van der Waals surface area (Å²) in [6.45, 7) is 6.87. The topological polar surface area (TPSA) is 49.9 Å². The van der Waals surface area contributed by atoms with E-state index in [0.29, 0.717) is 32.5 Å². The molecule has 0 unspecified atom stereocenters. The van der Waals surface area contributed by atoms with Gasteiger partial charge in [-0.05, 0) is 51.7 Å². The zero-order valence-corrected chi connectivity index (χ0v) is 15.7. The van der Waals surface area contributed by atoms with Gasteiger partial charge in [-0.3, -0.25) is 4.79 Å². The summed E-state index contributed by atoms with van der Waals surface area (Å²) in [5.74, 6) is -2.40. The van der Waals surface area contributed by atoms with Crippen LogP contribution in [0, 0.1) is 17.6 Å². The van der Waals surface area contributed by atoms with Gasteiger partial charge in [0, 0.05) is 26.7 Å². The van der Waals surface area contributed by atoms with Crippen LogP contribution in [0.25, 0.3) is 0 Å². The first-order chi connectivity index (χ1) is 12.1. The number of piperidine rings is 1. The highest BCUT2D eigenvalue weighted by molar-refractivity contribution is 5.94. The predicted molar refractivity (Wildman–Crippen MR) is 93.8 cm³/mol. The van der Waals surface area contributed by atoms with Crippen molar-refractivity contribution in [2.24, 2.45) is 5.92 Å². The largest absolute Gasteiger partial charge is 0.444 e. The number of amides is 2. The molecule has 2 amide bonds. The Bertz CT molecular complexity index is 665. The molecule has 5 nitrogen and oxygen atoms in total. The van der Waals surface area contributed by atoms with Crippen molar-refractivity contribution in [2.45, 2.75) is 39.2 Å². The van der Waals surface area contributed by atoms with Crippen LogP contribution in [0.5, 0.6) is 0 Å². The van der Waals surface area contributed by atoms with Gasteiger partial charge in [0.25, 0.3) is 5.91 Å². The lowest BCUT2D eigenvalue weighted by Gasteiger charge is -2.34. The van der Waals surface area contributed by atoms with Gasteiger partial charge in [0.2, 0.25) is 0 Å². The fraction of sp³-hybridized carbons (Fsp3) is 0.579. The third-order valence-corrected chi connectivity index (χ3v) is 4.32.